The highest BCUT2D eigenvalue weighted by Gasteiger charge is 2.12. The third-order valence-corrected chi connectivity index (χ3v) is 3.24. The average Bonchev–Trinajstić information content (AvgIpc) is 2.54. The first-order chi connectivity index (χ1) is 10.2. The highest BCUT2D eigenvalue weighted by atomic mass is 127. The molecule has 0 aromatic heterocycles. The number of aliphatic imine (C=N–C) groups is 1. The first-order valence-corrected chi connectivity index (χ1v) is 7.12. The van der Waals surface area contributed by atoms with Crippen LogP contribution in [0.25, 0.3) is 0 Å². The Morgan fingerprint density at radius 1 is 1.27 bits per heavy atom. The lowest BCUT2D eigenvalue weighted by Gasteiger charge is -2.27. The van der Waals surface area contributed by atoms with E-state index < -0.39 is 0 Å². The second kappa shape index (κ2) is 9.73. The minimum atomic E-state index is -0.0435. The maximum Gasteiger partial charge on any atom is 0.191 e. The Balaban J connectivity index is 0.00000242. The van der Waals surface area contributed by atoms with E-state index in [2.05, 4.69) is 4.99 Å². The third kappa shape index (κ3) is 5.88. The first kappa shape index (κ1) is 18.8. The van der Waals surface area contributed by atoms with Crippen molar-refractivity contribution in [2.45, 2.75) is 13.0 Å². The Kier molecular flexibility index (Phi) is 8.32. The van der Waals surface area contributed by atoms with Gasteiger partial charge in [-0.1, -0.05) is 0 Å². The van der Waals surface area contributed by atoms with Gasteiger partial charge in [0, 0.05) is 13.1 Å². The van der Waals surface area contributed by atoms with E-state index in [1.807, 2.05) is 36.1 Å². The zero-order valence-corrected chi connectivity index (χ0v) is 15.4. The number of guanidine groups is 1. The molecule has 0 amide bonds. The largest absolute Gasteiger partial charge is 0.497 e. The standard InChI is InChI=1S/C15H23N3O3.HI/c1-12(21-14-5-3-13(19-2)4-6-14)11-17-15(16)18-7-9-20-10-8-18;/h3-6,12H,7-11H2,1-2H3,(H2,16,17);1H. The van der Waals surface area contributed by atoms with Gasteiger partial charge in [-0.3, -0.25) is 0 Å². The summed E-state index contributed by atoms with van der Waals surface area (Å²) in [5.41, 5.74) is 5.98. The van der Waals surface area contributed by atoms with Crippen molar-refractivity contribution >= 4 is 29.9 Å². The highest BCUT2D eigenvalue weighted by Crippen LogP contribution is 2.18. The van der Waals surface area contributed by atoms with Crippen LogP contribution in [-0.2, 0) is 4.74 Å². The maximum atomic E-state index is 5.98. The van der Waals surface area contributed by atoms with E-state index in [0.717, 1.165) is 24.6 Å². The van der Waals surface area contributed by atoms with Crippen molar-refractivity contribution in [3.8, 4) is 11.5 Å². The molecule has 0 bridgehead atoms. The Hall–Kier alpha value is -1.22. The van der Waals surface area contributed by atoms with E-state index in [1.54, 1.807) is 7.11 Å². The number of rotatable bonds is 5. The summed E-state index contributed by atoms with van der Waals surface area (Å²) in [5.74, 6) is 2.16. The molecule has 0 aliphatic carbocycles. The number of nitrogens with two attached hydrogens (primary N) is 1. The van der Waals surface area contributed by atoms with E-state index >= 15 is 0 Å². The normalized spacial score (nSPS) is 16.6. The smallest absolute Gasteiger partial charge is 0.191 e. The van der Waals surface area contributed by atoms with Gasteiger partial charge >= 0.3 is 0 Å². The summed E-state index contributed by atoms with van der Waals surface area (Å²) in [5, 5.41) is 0. The SMILES string of the molecule is COc1ccc(OC(C)CN=C(N)N2CCOCC2)cc1.I. The van der Waals surface area contributed by atoms with Gasteiger partial charge in [0.1, 0.15) is 17.6 Å². The van der Waals surface area contributed by atoms with Gasteiger partial charge in [-0.25, -0.2) is 4.99 Å². The van der Waals surface area contributed by atoms with Crippen molar-refractivity contribution in [3.05, 3.63) is 24.3 Å². The molecular weight excluding hydrogens is 397 g/mol. The first-order valence-electron chi connectivity index (χ1n) is 7.12. The van der Waals surface area contributed by atoms with Crippen molar-refractivity contribution in [3.63, 3.8) is 0 Å². The summed E-state index contributed by atoms with van der Waals surface area (Å²) >= 11 is 0. The molecule has 1 aliphatic heterocycles. The fraction of sp³-hybridized carbons (Fsp3) is 0.533. The van der Waals surface area contributed by atoms with Crippen molar-refractivity contribution in [2.75, 3.05) is 40.0 Å². The summed E-state index contributed by atoms with van der Waals surface area (Å²) < 4.78 is 16.2. The number of hydrogen-bond donors (Lipinski definition) is 1. The topological polar surface area (TPSA) is 69.3 Å². The number of benzene rings is 1. The molecule has 1 atom stereocenters. The Bertz CT molecular complexity index is 462. The summed E-state index contributed by atoms with van der Waals surface area (Å²) in [4.78, 5) is 6.42. The van der Waals surface area contributed by atoms with Crippen molar-refractivity contribution in [1.29, 1.82) is 0 Å². The molecule has 0 saturated carbocycles. The lowest BCUT2D eigenvalue weighted by Crippen LogP contribution is -2.45. The lowest BCUT2D eigenvalue weighted by molar-refractivity contribution is 0.0673. The predicted molar refractivity (Wildman–Crippen MR) is 97.4 cm³/mol. The van der Waals surface area contributed by atoms with Gasteiger partial charge in [0.15, 0.2) is 5.96 Å². The third-order valence-electron chi connectivity index (χ3n) is 3.24. The van der Waals surface area contributed by atoms with Gasteiger partial charge < -0.3 is 24.8 Å². The molecule has 1 unspecified atom stereocenters. The molecule has 1 saturated heterocycles. The van der Waals surface area contributed by atoms with Crippen molar-refractivity contribution in [1.82, 2.24) is 4.90 Å². The molecule has 0 radical (unpaired) electrons. The van der Waals surface area contributed by atoms with Gasteiger partial charge in [-0.2, -0.15) is 0 Å². The van der Waals surface area contributed by atoms with Crippen molar-refractivity contribution < 1.29 is 14.2 Å². The Morgan fingerprint density at radius 2 is 1.86 bits per heavy atom. The number of morpholine rings is 1. The Labute approximate surface area is 148 Å². The number of methoxy groups -OCH3 is 1. The number of nitrogens with zero attached hydrogens (tertiary/aromatic N) is 2. The average molecular weight is 421 g/mol. The lowest BCUT2D eigenvalue weighted by atomic mass is 10.3. The van der Waals surface area contributed by atoms with Gasteiger partial charge in [-0.15, -0.1) is 24.0 Å². The Morgan fingerprint density at radius 3 is 2.45 bits per heavy atom. The van der Waals surface area contributed by atoms with Gasteiger partial charge in [0.05, 0.1) is 26.9 Å². The van der Waals surface area contributed by atoms with Crippen LogP contribution < -0.4 is 15.2 Å². The molecule has 22 heavy (non-hydrogen) atoms. The molecule has 6 nitrogen and oxygen atoms in total. The van der Waals surface area contributed by atoms with Crippen LogP contribution in [0.4, 0.5) is 0 Å². The number of hydrogen-bond acceptors (Lipinski definition) is 4. The quantitative estimate of drug-likeness (QED) is 0.446. The summed E-state index contributed by atoms with van der Waals surface area (Å²) in [7, 11) is 1.64. The predicted octanol–water partition coefficient (Wildman–Crippen LogP) is 1.73. The van der Waals surface area contributed by atoms with E-state index in [1.165, 1.54) is 0 Å². The highest BCUT2D eigenvalue weighted by molar-refractivity contribution is 14.0. The number of halogens is 1. The molecule has 2 N–H and O–H groups in total. The second-order valence-corrected chi connectivity index (χ2v) is 4.90. The minimum Gasteiger partial charge on any atom is -0.497 e. The molecule has 1 aromatic carbocycles. The maximum absolute atomic E-state index is 5.98. The van der Waals surface area contributed by atoms with E-state index in [-0.39, 0.29) is 30.1 Å². The van der Waals surface area contributed by atoms with Crippen LogP contribution >= 0.6 is 24.0 Å². The molecule has 0 spiro atoms. The fourth-order valence-corrected chi connectivity index (χ4v) is 2.04. The summed E-state index contributed by atoms with van der Waals surface area (Å²) in [6, 6.07) is 7.50. The van der Waals surface area contributed by atoms with Gasteiger partial charge in [0.25, 0.3) is 0 Å². The van der Waals surface area contributed by atoms with Crippen LogP contribution in [0.3, 0.4) is 0 Å². The molecule has 1 aromatic rings. The molecular formula is C15H24IN3O3. The van der Waals surface area contributed by atoms with Gasteiger partial charge in [-0.05, 0) is 31.2 Å². The van der Waals surface area contributed by atoms with Crippen LogP contribution in [0.5, 0.6) is 11.5 Å². The van der Waals surface area contributed by atoms with Gasteiger partial charge in [0.2, 0.25) is 0 Å². The molecule has 7 heteroatoms. The number of ether oxygens (including phenoxy) is 3. The molecule has 1 heterocycles. The summed E-state index contributed by atoms with van der Waals surface area (Å²) in [6.45, 7) is 5.49. The van der Waals surface area contributed by atoms with Crippen molar-refractivity contribution in [2.24, 2.45) is 10.7 Å². The van der Waals surface area contributed by atoms with E-state index in [0.29, 0.717) is 25.7 Å². The zero-order chi connectivity index (χ0) is 15.1. The zero-order valence-electron chi connectivity index (χ0n) is 13.0. The monoisotopic (exact) mass is 421 g/mol. The molecule has 124 valence electrons. The van der Waals surface area contributed by atoms with E-state index in [4.69, 9.17) is 19.9 Å². The summed E-state index contributed by atoms with van der Waals surface area (Å²) in [6.07, 6.45) is -0.0435. The van der Waals surface area contributed by atoms with Crippen LogP contribution in [0.15, 0.2) is 29.3 Å². The van der Waals surface area contributed by atoms with Crippen LogP contribution in [0, 0.1) is 0 Å². The molecule has 2 rings (SSSR count). The molecule has 1 aliphatic rings. The van der Waals surface area contributed by atoms with Crippen LogP contribution in [-0.4, -0.2) is 56.9 Å². The van der Waals surface area contributed by atoms with Crippen LogP contribution in [0.2, 0.25) is 0 Å². The van der Waals surface area contributed by atoms with E-state index in [9.17, 15) is 0 Å². The van der Waals surface area contributed by atoms with Crippen LogP contribution in [0.1, 0.15) is 6.92 Å². The minimum absolute atomic E-state index is 0. The molecule has 1 fully saturated rings. The fourth-order valence-electron chi connectivity index (χ4n) is 2.04. The second-order valence-electron chi connectivity index (χ2n) is 4.90.